The zero-order valence-electron chi connectivity index (χ0n) is 4.80. The smallest absolute Gasteiger partial charge is 0.213 e. The van der Waals surface area contributed by atoms with Gasteiger partial charge in [-0.1, -0.05) is 12.6 Å². The molecule has 1 saturated heterocycles. The third-order valence-corrected chi connectivity index (χ3v) is 2.43. The van der Waals surface area contributed by atoms with E-state index in [4.69, 9.17) is 5.26 Å². The second kappa shape index (κ2) is 1.28. The van der Waals surface area contributed by atoms with Gasteiger partial charge in [-0.15, -0.1) is 0 Å². The molecule has 1 nitrogen and oxygen atoms in total. The molecule has 1 aliphatic heterocycles. The summed E-state index contributed by atoms with van der Waals surface area (Å²) in [6, 6.07) is 0. The van der Waals surface area contributed by atoms with E-state index in [9.17, 15) is 0 Å². The van der Waals surface area contributed by atoms with E-state index in [2.05, 4.69) is 5.97 Å². The van der Waals surface area contributed by atoms with Crippen molar-refractivity contribution < 1.29 is 0 Å². The molecule has 2 aliphatic rings. The van der Waals surface area contributed by atoms with Crippen molar-refractivity contribution in [2.24, 2.45) is 11.8 Å². The van der Waals surface area contributed by atoms with E-state index in [0.29, 0.717) is 6.71 Å². The molecule has 0 aromatic carbocycles. The summed E-state index contributed by atoms with van der Waals surface area (Å²) in [5, 5.41) is 8.45. The summed E-state index contributed by atoms with van der Waals surface area (Å²) in [7, 11) is 0. The van der Waals surface area contributed by atoms with Crippen molar-refractivity contribution >= 4 is 6.71 Å². The summed E-state index contributed by atoms with van der Waals surface area (Å²) in [6.45, 7) is 0.429. The summed E-state index contributed by atoms with van der Waals surface area (Å²) in [5.41, 5.74) is 0. The number of fused-ring (bicyclic) bond motifs is 1. The van der Waals surface area contributed by atoms with Crippen LogP contribution in [0.1, 0.15) is 6.42 Å². The van der Waals surface area contributed by atoms with E-state index in [1.165, 1.54) is 19.1 Å². The average Bonchev–Trinajstić information content (AvgIpc) is 2.40. The molecule has 1 heterocycles. The van der Waals surface area contributed by atoms with E-state index in [0.717, 1.165) is 11.8 Å². The van der Waals surface area contributed by atoms with Crippen LogP contribution >= 0.6 is 0 Å². The first-order valence-corrected chi connectivity index (χ1v) is 3.30. The summed E-state index contributed by atoms with van der Waals surface area (Å²) >= 11 is 0. The van der Waals surface area contributed by atoms with Crippen LogP contribution in [0.2, 0.25) is 12.6 Å². The monoisotopic (exact) mass is 105 g/mol. The molecule has 0 bridgehead atoms. The molecule has 40 valence electrons. The zero-order valence-corrected chi connectivity index (χ0v) is 4.80. The minimum absolute atomic E-state index is 0.429. The van der Waals surface area contributed by atoms with E-state index >= 15 is 0 Å². The highest BCUT2D eigenvalue weighted by molar-refractivity contribution is 6.68. The molecule has 2 atom stereocenters. The fraction of sp³-hybridized carbons (Fsp3) is 0.833. The third kappa shape index (κ3) is 0.476. The Labute approximate surface area is 49.8 Å². The molecule has 0 aromatic rings. The highest BCUT2D eigenvalue weighted by Crippen LogP contribution is 2.52. The van der Waals surface area contributed by atoms with Crippen LogP contribution in [0.3, 0.4) is 0 Å². The lowest BCUT2D eigenvalue weighted by atomic mass is 9.48. The van der Waals surface area contributed by atoms with Crippen molar-refractivity contribution in [3.8, 4) is 5.97 Å². The van der Waals surface area contributed by atoms with Crippen molar-refractivity contribution in [1.29, 1.82) is 5.26 Å². The summed E-state index contributed by atoms with van der Waals surface area (Å²) in [5.74, 6) is 4.27. The maximum atomic E-state index is 8.45. The Hall–Kier alpha value is -0.445. The van der Waals surface area contributed by atoms with E-state index in [1.54, 1.807) is 0 Å². The van der Waals surface area contributed by atoms with Gasteiger partial charge >= 0.3 is 0 Å². The first-order chi connectivity index (χ1) is 3.90. The lowest BCUT2D eigenvalue weighted by Gasteiger charge is -1.89. The van der Waals surface area contributed by atoms with Crippen LogP contribution in [0.15, 0.2) is 0 Å². The Morgan fingerprint density at radius 2 is 2.00 bits per heavy atom. The van der Waals surface area contributed by atoms with Crippen molar-refractivity contribution in [3.05, 3.63) is 0 Å². The largest absolute Gasteiger partial charge is 0.268 e. The van der Waals surface area contributed by atoms with Crippen molar-refractivity contribution in [2.45, 2.75) is 19.1 Å². The predicted octanol–water partition coefficient (Wildman–Crippen LogP) is 1.19. The molecule has 1 saturated carbocycles. The van der Waals surface area contributed by atoms with Crippen LogP contribution in [0, 0.1) is 23.1 Å². The molecule has 0 amide bonds. The highest BCUT2D eigenvalue weighted by atomic mass is 14.4. The van der Waals surface area contributed by atoms with Gasteiger partial charge in [0.05, 0.1) is 0 Å². The Balaban J connectivity index is 2.01. The van der Waals surface area contributed by atoms with Gasteiger partial charge in [-0.05, 0) is 18.3 Å². The molecule has 2 rings (SSSR count). The molecular weight excluding hydrogens is 96.9 g/mol. The van der Waals surface area contributed by atoms with Crippen LogP contribution in [-0.4, -0.2) is 6.71 Å². The van der Waals surface area contributed by atoms with E-state index in [-0.39, 0.29) is 0 Å². The number of rotatable bonds is 0. The summed E-state index contributed by atoms with van der Waals surface area (Å²) < 4.78 is 0. The molecule has 0 radical (unpaired) electrons. The average molecular weight is 105 g/mol. The van der Waals surface area contributed by atoms with Gasteiger partial charge in [0, 0.05) is 5.97 Å². The minimum atomic E-state index is 0.429. The SMILES string of the molecule is N#CB1CC2CC2C1. The Kier molecular flexibility index (Phi) is 0.711. The van der Waals surface area contributed by atoms with Gasteiger partial charge in [0.2, 0.25) is 0 Å². The topological polar surface area (TPSA) is 23.8 Å². The number of hydrogen-bond acceptors (Lipinski definition) is 1. The first kappa shape index (κ1) is 4.44. The fourth-order valence-electron chi connectivity index (χ4n) is 1.82. The van der Waals surface area contributed by atoms with Crippen molar-refractivity contribution in [2.75, 3.05) is 0 Å². The molecule has 0 N–H and O–H groups in total. The minimum Gasteiger partial charge on any atom is -0.213 e. The molecule has 2 heteroatoms. The van der Waals surface area contributed by atoms with Crippen LogP contribution in [0.25, 0.3) is 0 Å². The summed E-state index contributed by atoms with van der Waals surface area (Å²) in [4.78, 5) is 0. The van der Waals surface area contributed by atoms with Gasteiger partial charge in [0.15, 0.2) is 0 Å². The molecule has 0 aromatic heterocycles. The van der Waals surface area contributed by atoms with Gasteiger partial charge < -0.3 is 0 Å². The standard InChI is InChI=1S/C6H8BN/c8-4-7-2-5-1-6(5)3-7/h5-6H,1-3H2. The van der Waals surface area contributed by atoms with Gasteiger partial charge in [-0.2, -0.15) is 0 Å². The van der Waals surface area contributed by atoms with Crippen LogP contribution in [0.5, 0.6) is 0 Å². The van der Waals surface area contributed by atoms with Crippen LogP contribution in [-0.2, 0) is 0 Å². The fourth-order valence-corrected chi connectivity index (χ4v) is 1.82. The zero-order chi connectivity index (χ0) is 5.56. The molecular formula is C6H8BN. The van der Waals surface area contributed by atoms with E-state index < -0.39 is 0 Å². The quantitative estimate of drug-likeness (QED) is 0.424. The summed E-state index contributed by atoms with van der Waals surface area (Å²) in [6.07, 6.45) is 3.85. The molecule has 2 unspecified atom stereocenters. The van der Waals surface area contributed by atoms with Gasteiger partial charge in [0.1, 0.15) is 0 Å². The number of nitriles is 1. The van der Waals surface area contributed by atoms with Gasteiger partial charge in [-0.3, -0.25) is 0 Å². The predicted molar refractivity (Wildman–Crippen MR) is 32.6 cm³/mol. The third-order valence-electron chi connectivity index (χ3n) is 2.43. The Morgan fingerprint density at radius 3 is 2.38 bits per heavy atom. The highest BCUT2D eigenvalue weighted by Gasteiger charge is 2.47. The van der Waals surface area contributed by atoms with Gasteiger partial charge in [0.25, 0.3) is 6.71 Å². The second-order valence-corrected chi connectivity index (χ2v) is 3.05. The molecule has 2 fully saturated rings. The molecule has 0 spiro atoms. The number of hydrogen-bond donors (Lipinski definition) is 0. The number of nitrogens with zero attached hydrogens (tertiary/aromatic N) is 1. The lowest BCUT2D eigenvalue weighted by Crippen LogP contribution is -2.04. The second-order valence-electron chi connectivity index (χ2n) is 3.05. The normalized spacial score (nSPS) is 41.1. The van der Waals surface area contributed by atoms with Crippen molar-refractivity contribution in [1.82, 2.24) is 0 Å². The lowest BCUT2D eigenvalue weighted by molar-refractivity contribution is 0.882. The Morgan fingerprint density at radius 1 is 1.38 bits per heavy atom. The maximum absolute atomic E-state index is 8.45. The van der Waals surface area contributed by atoms with Crippen LogP contribution < -0.4 is 0 Å². The van der Waals surface area contributed by atoms with Crippen molar-refractivity contribution in [3.63, 3.8) is 0 Å². The molecule has 8 heavy (non-hydrogen) atoms. The van der Waals surface area contributed by atoms with Crippen LogP contribution in [0.4, 0.5) is 0 Å². The first-order valence-electron chi connectivity index (χ1n) is 3.30. The van der Waals surface area contributed by atoms with Gasteiger partial charge in [-0.25, -0.2) is 5.26 Å². The maximum Gasteiger partial charge on any atom is 0.268 e. The van der Waals surface area contributed by atoms with E-state index in [1.807, 2.05) is 0 Å². The Bertz CT molecular complexity index is 139. The molecule has 1 aliphatic carbocycles.